The largest absolute Gasteiger partial charge is 0.469 e. The Labute approximate surface area is 166 Å². The van der Waals surface area contributed by atoms with Crippen molar-refractivity contribution in [2.24, 2.45) is 0 Å². The zero-order valence-electron chi connectivity index (χ0n) is 13.6. The molecule has 0 spiro atoms. The van der Waals surface area contributed by atoms with E-state index in [-0.39, 0.29) is 11.9 Å². The van der Waals surface area contributed by atoms with Gasteiger partial charge in [-0.1, -0.05) is 59.7 Å². The van der Waals surface area contributed by atoms with Crippen molar-refractivity contribution >= 4 is 69.5 Å². The minimum absolute atomic E-state index is 0.117. The third kappa shape index (κ3) is 5.71. The molecule has 4 nitrogen and oxygen atoms in total. The summed E-state index contributed by atoms with van der Waals surface area (Å²) in [6.45, 7) is 0.539. The molecule has 1 heterocycles. The van der Waals surface area contributed by atoms with Crippen LogP contribution in [0.3, 0.4) is 0 Å². The number of thioether (sulfide) groups is 1. The molecule has 1 aliphatic heterocycles. The molecule has 1 aromatic carbocycles. The molecule has 1 amide bonds. The van der Waals surface area contributed by atoms with E-state index in [0.29, 0.717) is 32.2 Å². The quantitative estimate of drug-likeness (QED) is 0.272. The molecule has 25 heavy (non-hydrogen) atoms. The molecule has 2 rings (SSSR count). The molecular weight excluding hydrogens is 401 g/mol. The Morgan fingerprint density at radius 1 is 1.32 bits per heavy atom. The highest BCUT2D eigenvalue weighted by Gasteiger charge is 2.31. The number of nitrogens with zero attached hydrogens (tertiary/aromatic N) is 1. The van der Waals surface area contributed by atoms with Crippen LogP contribution in [-0.2, 0) is 14.3 Å². The first-order chi connectivity index (χ1) is 11.9. The summed E-state index contributed by atoms with van der Waals surface area (Å²) in [6, 6.07) is 5.13. The van der Waals surface area contributed by atoms with E-state index in [9.17, 15) is 9.59 Å². The second kappa shape index (κ2) is 9.57. The molecular formula is C17H17Cl2NO3S2. The smallest absolute Gasteiger partial charge is 0.305 e. The van der Waals surface area contributed by atoms with Gasteiger partial charge in [-0.05, 0) is 36.6 Å². The summed E-state index contributed by atoms with van der Waals surface area (Å²) in [7, 11) is 1.38. The van der Waals surface area contributed by atoms with Crippen LogP contribution in [0.15, 0.2) is 23.1 Å². The highest BCUT2D eigenvalue weighted by atomic mass is 35.5. The van der Waals surface area contributed by atoms with Crippen molar-refractivity contribution in [2.45, 2.75) is 25.7 Å². The Morgan fingerprint density at radius 3 is 2.76 bits per heavy atom. The van der Waals surface area contributed by atoms with Crippen LogP contribution in [0.25, 0.3) is 6.08 Å². The van der Waals surface area contributed by atoms with E-state index in [2.05, 4.69) is 4.74 Å². The molecule has 134 valence electrons. The topological polar surface area (TPSA) is 46.6 Å². The maximum absolute atomic E-state index is 12.5. The first-order valence-electron chi connectivity index (χ1n) is 7.69. The fourth-order valence-electron chi connectivity index (χ4n) is 2.27. The van der Waals surface area contributed by atoms with E-state index in [4.69, 9.17) is 35.4 Å². The monoisotopic (exact) mass is 417 g/mol. The summed E-state index contributed by atoms with van der Waals surface area (Å²) < 4.78 is 5.13. The summed E-state index contributed by atoms with van der Waals surface area (Å²) in [4.78, 5) is 25.7. The highest BCUT2D eigenvalue weighted by Crippen LogP contribution is 2.34. The molecule has 1 fully saturated rings. The van der Waals surface area contributed by atoms with Crippen molar-refractivity contribution in [3.63, 3.8) is 0 Å². The van der Waals surface area contributed by atoms with Gasteiger partial charge in [-0.25, -0.2) is 0 Å². The molecule has 0 N–H and O–H groups in total. The standard InChI is InChI=1S/C17H17Cl2NO3S2/c1-23-15(21)5-3-2-4-8-20-16(22)14(25-17(20)24)9-11-6-7-12(18)10-13(11)19/h6-7,9-10H,2-5,8H2,1H3/b14-9-. The molecule has 1 aliphatic rings. The van der Waals surface area contributed by atoms with Gasteiger partial charge in [0.15, 0.2) is 0 Å². The van der Waals surface area contributed by atoms with Crippen LogP contribution in [0.1, 0.15) is 31.2 Å². The maximum atomic E-state index is 12.5. The van der Waals surface area contributed by atoms with E-state index in [1.807, 2.05) is 0 Å². The zero-order chi connectivity index (χ0) is 18.4. The predicted molar refractivity (Wildman–Crippen MR) is 107 cm³/mol. The molecule has 8 heteroatoms. The molecule has 0 bridgehead atoms. The van der Waals surface area contributed by atoms with Gasteiger partial charge in [-0.2, -0.15) is 0 Å². The number of unbranched alkanes of at least 4 members (excludes halogenated alkanes) is 2. The summed E-state index contributed by atoms with van der Waals surface area (Å²) in [5, 5.41) is 1.03. The fourth-order valence-corrected chi connectivity index (χ4v) is 4.03. The number of carbonyl (C=O) groups is 2. The number of ether oxygens (including phenoxy) is 1. The lowest BCUT2D eigenvalue weighted by atomic mass is 10.2. The van der Waals surface area contributed by atoms with Crippen LogP contribution in [-0.4, -0.2) is 34.8 Å². The number of hydrogen-bond acceptors (Lipinski definition) is 5. The summed E-state index contributed by atoms with van der Waals surface area (Å²) in [5.74, 6) is -0.331. The van der Waals surface area contributed by atoms with Gasteiger partial charge in [-0.15, -0.1) is 0 Å². The Kier molecular flexibility index (Phi) is 7.75. The second-order valence-corrected chi connectivity index (χ2v) is 7.91. The number of esters is 1. The van der Waals surface area contributed by atoms with Gasteiger partial charge >= 0.3 is 5.97 Å². The summed E-state index contributed by atoms with van der Waals surface area (Å²) >= 11 is 18.6. The van der Waals surface area contributed by atoms with E-state index >= 15 is 0 Å². The highest BCUT2D eigenvalue weighted by molar-refractivity contribution is 8.26. The van der Waals surface area contributed by atoms with E-state index < -0.39 is 0 Å². The van der Waals surface area contributed by atoms with Crippen molar-refractivity contribution < 1.29 is 14.3 Å². The number of thiocarbonyl (C=S) groups is 1. The molecule has 1 saturated heterocycles. The lowest BCUT2D eigenvalue weighted by molar-refractivity contribution is -0.140. The van der Waals surface area contributed by atoms with Crippen molar-refractivity contribution in [2.75, 3.05) is 13.7 Å². The van der Waals surface area contributed by atoms with Crippen molar-refractivity contribution in [3.05, 3.63) is 38.7 Å². The number of carbonyl (C=O) groups excluding carboxylic acids is 2. The average molecular weight is 418 g/mol. The third-order valence-corrected chi connectivity index (χ3v) is 5.55. The lowest BCUT2D eigenvalue weighted by Gasteiger charge is -2.13. The van der Waals surface area contributed by atoms with Gasteiger partial charge in [0.1, 0.15) is 4.32 Å². The van der Waals surface area contributed by atoms with Gasteiger partial charge in [0.25, 0.3) is 5.91 Å². The number of methoxy groups -OCH3 is 1. The van der Waals surface area contributed by atoms with Gasteiger partial charge in [0.05, 0.1) is 12.0 Å². The SMILES string of the molecule is COC(=O)CCCCCN1C(=O)/C(=C/c2ccc(Cl)cc2Cl)SC1=S. The number of amides is 1. The van der Waals surface area contributed by atoms with Crippen LogP contribution in [0, 0.1) is 0 Å². The number of benzene rings is 1. The van der Waals surface area contributed by atoms with E-state index in [1.54, 1.807) is 29.2 Å². The number of hydrogen-bond donors (Lipinski definition) is 0. The van der Waals surface area contributed by atoms with Gasteiger partial charge < -0.3 is 4.74 Å². The normalized spacial score (nSPS) is 16.0. The Morgan fingerprint density at radius 2 is 2.08 bits per heavy atom. The second-order valence-electron chi connectivity index (χ2n) is 5.39. The van der Waals surface area contributed by atoms with Crippen molar-refractivity contribution in [3.8, 4) is 0 Å². The van der Waals surface area contributed by atoms with Crippen LogP contribution in [0.2, 0.25) is 10.0 Å². The van der Waals surface area contributed by atoms with Crippen LogP contribution >= 0.6 is 47.2 Å². The molecule has 0 aliphatic carbocycles. The molecule has 1 aromatic rings. The molecule has 0 saturated carbocycles. The van der Waals surface area contributed by atoms with Gasteiger partial charge in [-0.3, -0.25) is 14.5 Å². The fraction of sp³-hybridized carbons (Fsp3) is 0.353. The van der Waals surface area contributed by atoms with Crippen LogP contribution < -0.4 is 0 Å². The third-order valence-electron chi connectivity index (χ3n) is 3.61. The van der Waals surface area contributed by atoms with Gasteiger partial charge in [0.2, 0.25) is 0 Å². The number of rotatable bonds is 7. The average Bonchev–Trinajstić information content (AvgIpc) is 2.84. The van der Waals surface area contributed by atoms with Crippen LogP contribution in [0.4, 0.5) is 0 Å². The van der Waals surface area contributed by atoms with Gasteiger partial charge in [0, 0.05) is 23.0 Å². The molecule has 0 atom stereocenters. The summed E-state index contributed by atoms with van der Waals surface area (Å²) in [6.07, 6.45) is 4.46. The Balaban J connectivity index is 1.93. The first-order valence-corrected chi connectivity index (χ1v) is 9.67. The maximum Gasteiger partial charge on any atom is 0.305 e. The van der Waals surface area contributed by atoms with E-state index in [1.165, 1.54) is 18.9 Å². The summed E-state index contributed by atoms with van der Waals surface area (Å²) in [5.41, 5.74) is 0.727. The first kappa shape index (κ1) is 20.2. The lowest BCUT2D eigenvalue weighted by Crippen LogP contribution is -2.29. The molecule has 0 unspecified atom stereocenters. The zero-order valence-corrected chi connectivity index (χ0v) is 16.7. The predicted octanol–water partition coefficient (Wildman–Crippen LogP) is 4.93. The molecule has 0 aromatic heterocycles. The van der Waals surface area contributed by atoms with Crippen LogP contribution in [0.5, 0.6) is 0 Å². The number of halogens is 2. The Bertz CT molecular complexity index is 722. The molecule has 0 radical (unpaired) electrons. The van der Waals surface area contributed by atoms with E-state index in [0.717, 1.165) is 24.8 Å². The minimum Gasteiger partial charge on any atom is -0.469 e. The van der Waals surface area contributed by atoms with Crippen molar-refractivity contribution in [1.29, 1.82) is 0 Å². The van der Waals surface area contributed by atoms with Crippen molar-refractivity contribution in [1.82, 2.24) is 4.90 Å². The minimum atomic E-state index is -0.214. The Hall–Kier alpha value is -1.08.